The molecule has 1 aliphatic heterocycles. The van der Waals surface area contributed by atoms with Gasteiger partial charge in [-0.15, -0.1) is 0 Å². The van der Waals surface area contributed by atoms with Crippen molar-refractivity contribution < 1.29 is 22.7 Å². The molecular formula is C25H26N6O5S. The molecule has 2 saturated carbocycles. The van der Waals surface area contributed by atoms with Crippen LogP contribution in [0.3, 0.4) is 0 Å². The average molecular weight is 523 g/mol. The molecule has 3 atom stereocenters. The van der Waals surface area contributed by atoms with Gasteiger partial charge in [-0.05, 0) is 38.0 Å². The van der Waals surface area contributed by atoms with E-state index < -0.39 is 15.4 Å². The molecule has 192 valence electrons. The number of rotatable bonds is 9. The first-order chi connectivity index (χ1) is 17.9. The van der Waals surface area contributed by atoms with E-state index in [-0.39, 0.29) is 28.8 Å². The molecule has 3 heterocycles. The van der Waals surface area contributed by atoms with E-state index in [4.69, 9.17) is 9.47 Å². The van der Waals surface area contributed by atoms with Gasteiger partial charge in [0.2, 0.25) is 21.8 Å². The van der Waals surface area contributed by atoms with Crippen molar-refractivity contribution in [1.82, 2.24) is 19.9 Å². The SMILES string of the molecule is CCOc1cncc(-c2ccc(NC(=O)C3(c4nccc(NS(=O)(=O)C5CC5)n4)[C@@H]4COC[C@@H]43)cc2)n1. The molecule has 3 aliphatic rings. The number of nitrogens with one attached hydrogen (secondary N) is 2. The molecule has 3 fully saturated rings. The van der Waals surface area contributed by atoms with Gasteiger partial charge in [-0.3, -0.25) is 14.5 Å². The zero-order valence-corrected chi connectivity index (χ0v) is 20.9. The van der Waals surface area contributed by atoms with E-state index in [0.29, 0.717) is 55.7 Å². The van der Waals surface area contributed by atoms with Gasteiger partial charge in [0, 0.05) is 29.3 Å². The minimum Gasteiger partial charge on any atom is -0.477 e. The van der Waals surface area contributed by atoms with E-state index in [0.717, 1.165) is 5.56 Å². The monoisotopic (exact) mass is 522 g/mol. The maximum Gasteiger partial charge on any atom is 0.239 e. The molecule has 1 aromatic carbocycles. The van der Waals surface area contributed by atoms with E-state index in [1.54, 1.807) is 24.5 Å². The number of hydrogen-bond donors (Lipinski definition) is 2. The summed E-state index contributed by atoms with van der Waals surface area (Å²) in [6.45, 7) is 3.23. The quantitative estimate of drug-likeness (QED) is 0.432. The number of anilines is 2. The summed E-state index contributed by atoms with van der Waals surface area (Å²) in [5.41, 5.74) is 1.12. The molecule has 0 spiro atoms. The summed E-state index contributed by atoms with van der Waals surface area (Å²) in [5.74, 6) is 0.549. The number of benzene rings is 1. The van der Waals surface area contributed by atoms with Crippen LogP contribution >= 0.6 is 0 Å². The van der Waals surface area contributed by atoms with Crippen molar-refractivity contribution in [2.24, 2.45) is 11.8 Å². The van der Waals surface area contributed by atoms with Crippen molar-refractivity contribution in [3.05, 3.63) is 54.7 Å². The smallest absolute Gasteiger partial charge is 0.239 e. The Hall–Kier alpha value is -3.64. The third-order valence-electron chi connectivity index (χ3n) is 7.10. The van der Waals surface area contributed by atoms with Crippen molar-refractivity contribution >= 4 is 27.4 Å². The number of hydrogen-bond acceptors (Lipinski definition) is 9. The van der Waals surface area contributed by atoms with E-state index in [2.05, 4.69) is 30.0 Å². The number of carbonyl (C=O) groups excluding carboxylic acids is 1. The minimum atomic E-state index is -3.49. The molecule has 2 aromatic heterocycles. The van der Waals surface area contributed by atoms with Crippen LogP contribution in [0.1, 0.15) is 25.6 Å². The van der Waals surface area contributed by atoms with Gasteiger partial charge in [-0.1, -0.05) is 12.1 Å². The zero-order chi connectivity index (χ0) is 25.6. The highest BCUT2D eigenvalue weighted by atomic mass is 32.2. The standard InChI is InChI=1S/C25H26N6O5S/c1-2-36-22-12-26-11-20(29-22)15-3-5-16(6-4-15)28-24(32)25(18-13-35-14-19(18)25)23-27-10-9-21(30-23)31-37(33,34)17-7-8-17/h3-6,9-12,17-19H,2,7-8,13-14H2,1H3,(H,28,32)(H,27,30,31)/t18-,19+,25?. The van der Waals surface area contributed by atoms with Crippen LogP contribution in [0.2, 0.25) is 0 Å². The van der Waals surface area contributed by atoms with Crippen LogP contribution in [-0.4, -0.2) is 59.3 Å². The van der Waals surface area contributed by atoms with Gasteiger partial charge in [0.1, 0.15) is 17.1 Å². The van der Waals surface area contributed by atoms with Gasteiger partial charge in [0.15, 0.2) is 0 Å². The molecule has 37 heavy (non-hydrogen) atoms. The molecule has 1 unspecified atom stereocenters. The average Bonchev–Trinajstić information content (AvgIpc) is 3.80. The van der Waals surface area contributed by atoms with Crippen LogP contribution in [0.4, 0.5) is 11.5 Å². The highest BCUT2D eigenvalue weighted by Gasteiger charge is 2.74. The molecule has 0 bridgehead atoms. The molecule has 12 heteroatoms. The second kappa shape index (κ2) is 9.03. The first-order valence-corrected chi connectivity index (χ1v) is 13.8. The van der Waals surface area contributed by atoms with E-state index in [9.17, 15) is 13.2 Å². The maximum atomic E-state index is 13.7. The molecule has 11 nitrogen and oxygen atoms in total. The lowest BCUT2D eigenvalue weighted by Gasteiger charge is -2.20. The van der Waals surface area contributed by atoms with Crippen molar-refractivity contribution in [2.75, 3.05) is 29.9 Å². The van der Waals surface area contributed by atoms with Crippen LogP contribution in [0.25, 0.3) is 11.3 Å². The Morgan fingerprint density at radius 1 is 1.11 bits per heavy atom. The Kier molecular flexibility index (Phi) is 5.80. The Balaban J connectivity index is 1.23. The predicted octanol–water partition coefficient (Wildman–Crippen LogP) is 2.39. The number of aromatic nitrogens is 4. The van der Waals surface area contributed by atoms with E-state index in [1.807, 2.05) is 19.1 Å². The number of ether oxygens (including phenoxy) is 2. The summed E-state index contributed by atoms with van der Waals surface area (Å²) in [6.07, 6.45) is 5.99. The first-order valence-electron chi connectivity index (χ1n) is 12.2. The molecule has 0 radical (unpaired) electrons. The van der Waals surface area contributed by atoms with Crippen LogP contribution in [0.5, 0.6) is 5.88 Å². The summed E-state index contributed by atoms with van der Waals surface area (Å²) >= 11 is 0. The summed E-state index contributed by atoms with van der Waals surface area (Å²) < 4.78 is 38.3. The number of nitrogens with zero attached hydrogens (tertiary/aromatic N) is 4. The summed E-state index contributed by atoms with van der Waals surface area (Å²) in [6, 6.07) is 8.80. The molecule has 2 N–H and O–H groups in total. The molecule has 3 aromatic rings. The lowest BCUT2D eigenvalue weighted by molar-refractivity contribution is -0.120. The third kappa shape index (κ3) is 4.29. The number of amides is 1. The Bertz CT molecular complexity index is 1430. The number of carbonyl (C=O) groups is 1. The Labute approximate surface area is 214 Å². The van der Waals surface area contributed by atoms with Gasteiger partial charge in [-0.25, -0.2) is 23.4 Å². The Morgan fingerprint density at radius 3 is 2.57 bits per heavy atom. The minimum absolute atomic E-state index is 0.0707. The second-order valence-electron chi connectivity index (χ2n) is 9.44. The predicted molar refractivity (Wildman–Crippen MR) is 134 cm³/mol. The van der Waals surface area contributed by atoms with Gasteiger partial charge < -0.3 is 14.8 Å². The van der Waals surface area contributed by atoms with Crippen LogP contribution in [0.15, 0.2) is 48.9 Å². The van der Waals surface area contributed by atoms with Gasteiger partial charge in [-0.2, -0.15) is 0 Å². The fraction of sp³-hybridized carbons (Fsp3) is 0.400. The maximum absolute atomic E-state index is 13.7. The summed E-state index contributed by atoms with van der Waals surface area (Å²) in [5, 5.41) is 2.62. The van der Waals surface area contributed by atoms with E-state index in [1.165, 1.54) is 12.3 Å². The highest BCUT2D eigenvalue weighted by molar-refractivity contribution is 7.93. The van der Waals surface area contributed by atoms with Gasteiger partial charge in [0.05, 0.1) is 43.2 Å². The normalized spacial score (nSPS) is 24.2. The van der Waals surface area contributed by atoms with Crippen molar-refractivity contribution in [1.29, 1.82) is 0 Å². The molecule has 1 saturated heterocycles. The fourth-order valence-corrected chi connectivity index (χ4v) is 6.34. The third-order valence-corrected chi connectivity index (χ3v) is 8.94. The summed E-state index contributed by atoms with van der Waals surface area (Å²) in [4.78, 5) is 31.2. The number of fused-ring (bicyclic) bond motifs is 1. The summed E-state index contributed by atoms with van der Waals surface area (Å²) in [7, 11) is -3.49. The molecule has 2 aliphatic carbocycles. The van der Waals surface area contributed by atoms with Gasteiger partial charge in [0.25, 0.3) is 0 Å². The molecule has 1 amide bonds. The van der Waals surface area contributed by atoms with Crippen LogP contribution in [-0.2, 0) is 25.0 Å². The molecular weight excluding hydrogens is 496 g/mol. The van der Waals surface area contributed by atoms with E-state index >= 15 is 0 Å². The van der Waals surface area contributed by atoms with Gasteiger partial charge >= 0.3 is 0 Å². The van der Waals surface area contributed by atoms with Crippen molar-refractivity contribution in [3.63, 3.8) is 0 Å². The first kappa shape index (κ1) is 23.7. The molecule has 6 rings (SSSR count). The fourth-order valence-electron chi connectivity index (χ4n) is 5.01. The lowest BCUT2D eigenvalue weighted by Crippen LogP contribution is -2.36. The zero-order valence-electron chi connectivity index (χ0n) is 20.1. The highest BCUT2D eigenvalue weighted by Crippen LogP contribution is 2.62. The largest absolute Gasteiger partial charge is 0.477 e. The van der Waals surface area contributed by atoms with Crippen LogP contribution < -0.4 is 14.8 Å². The number of sulfonamides is 1. The van der Waals surface area contributed by atoms with Crippen molar-refractivity contribution in [2.45, 2.75) is 30.4 Å². The second-order valence-corrected chi connectivity index (χ2v) is 11.4. The van der Waals surface area contributed by atoms with Crippen LogP contribution in [0, 0.1) is 11.8 Å². The Morgan fingerprint density at radius 2 is 1.86 bits per heavy atom. The van der Waals surface area contributed by atoms with Crippen molar-refractivity contribution in [3.8, 4) is 17.1 Å². The topological polar surface area (TPSA) is 145 Å². The lowest BCUT2D eigenvalue weighted by atomic mass is 9.98.